The predicted molar refractivity (Wildman–Crippen MR) is 73.1 cm³/mol. The fraction of sp³-hybridized carbons (Fsp3) is 0.444. The topological polar surface area (TPSA) is 170 Å². The normalized spacial score (nSPS) is 10.9. The molecule has 2 rings (SSSR count). The Balaban J connectivity index is 2.20. The van der Waals surface area contributed by atoms with Crippen molar-refractivity contribution >= 4 is 5.95 Å². The molecule has 0 bridgehead atoms. The third-order valence-corrected chi connectivity index (χ3v) is 2.66. The largest absolute Gasteiger partial charge is 0.340 e. The zero-order valence-electron chi connectivity index (χ0n) is 11.1. The first-order valence-electron chi connectivity index (χ1n) is 5.96. The highest BCUT2D eigenvalue weighted by Crippen LogP contribution is 2.14. The molecular formula is C9H10N10O3. The predicted octanol–water partition coefficient (Wildman–Crippen LogP) is -0.0978. The van der Waals surface area contributed by atoms with Crippen LogP contribution in [0.3, 0.4) is 0 Å². The minimum atomic E-state index is -1.40. The Morgan fingerprint density at radius 3 is 2.05 bits per heavy atom. The average Bonchev–Trinajstić information content (AvgIpc) is 3.03. The van der Waals surface area contributed by atoms with Crippen LogP contribution >= 0.6 is 0 Å². The molecule has 0 aromatic carbocycles. The molecule has 13 nitrogen and oxygen atoms in total. The van der Waals surface area contributed by atoms with Gasteiger partial charge in [0.05, 0.1) is 0 Å². The van der Waals surface area contributed by atoms with Crippen LogP contribution < -0.4 is 5.32 Å². The van der Waals surface area contributed by atoms with Crippen LogP contribution in [0.4, 0.5) is 5.95 Å². The minimum absolute atomic E-state index is 0.105. The van der Waals surface area contributed by atoms with Crippen molar-refractivity contribution in [3.8, 4) is 5.95 Å². The lowest BCUT2D eigenvalue weighted by Gasteiger charge is -2.26. The lowest BCUT2D eigenvalue weighted by Crippen LogP contribution is -2.48. The molecular weight excluding hydrogens is 296 g/mol. The molecule has 0 unspecified atom stereocenters. The van der Waals surface area contributed by atoms with Crippen LogP contribution in [0.5, 0.6) is 0 Å². The molecule has 0 saturated heterocycles. The number of nitrogens with one attached hydrogen (secondary N) is 1. The van der Waals surface area contributed by atoms with Crippen molar-refractivity contribution in [3.63, 3.8) is 0 Å². The molecule has 114 valence electrons. The molecule has 0 aliphatic heterocycles. The molecule has 0 amide bonds. The first-order chi connectivity index (χ1) is 10.7. The SMILES string of the molecule is O=NCC(CN=O)(CN=O)Nc1nnc(-n2cccn2)nn1. The van der Waals surface area contributed by atoms with Crippen LogP contribution in [-0.4, -0.2) is 55.3 Å². The van der Waals surface area contributed by atoms with Crippen molar-refractivity contribution in [1.29, 1.82) is 0 Å². The van der Waals surface area contributed by atoms with E-state index < -0.39 is 25.2 Å². The van der Waals surface area contributed by atoms with E-state index in [2.05, 4.69) is 46.3 Å². The van der Waals surface area contributed by atoms with Gasteiger partial charge >= 0.3 is 0 Å². The number of rotatable bonds is 9. The second-order valence-electron chi connectivity index (χ2n) is 4.24. The third kappa shape index (κ3) is 3.44. The smallest absolute Gasteiger partial charge is 0.289 e. The zero-order chi connectivity index (χ0) is 15.8. The monoisotopic (exact) mass is 306 g/mol. The Morgan fingerprint density at radius 2 is 1.59 bits per heavy atom. The quantitative estimate of drug-likeness (QED) is 0.621. The Bertz CT molecular complexity index is 601. The van der Waals surface area contributed by atoms with Gasteiger partial charge in [-0.05, 0) is 6.07 Å². The second-order valence-corrected chi connectivity index (χ2v) is 4.24. The number of nitrogens with zero attached hydrogens (tertiary/aromatic N) is 9. The molecule has 1 N–H and O–H groups in total. The van der Waals surface area contributed by atoms with Gasteiger partial charge in [0.25, 0.3) is 11.9 Å². The van der Waals surface area contributed by atoms with Gasteiger partial charge in [0.15, 0.2) is 0 Å². The van der Waals surface area contributed by atoms with E-state index in [1.807, 2.05) is 0 Å². The van der Waals surface area contributed by atoms with Gasteiger partial charge in [0.1, 0.15) is 25.2 Å². The maximum absolute atomic E-state index is 10.5. The van der Waals surface area contributed by atoms with Crippen molar-refractivity contribution in [3.05, 3.63) is 33.2 Å². The van der Waals surface area contributed by atoms with Crippen LogP contribution in [0, 0.1) is 14.7 Å². The van der Waals surface area contributed by atoms with Gasteiger partial charge in [-0.25, -0.2) is 4.68 Å². The highest BCUT2D eigenvalue weighted by atomic mass is 16.3. The maximum Gasteiger partial charge on any atom is 0.289 e. The first-order valence-corrected chi connectivity index (χ1v) is 5.96. The molecule has 0 aliphatic carbocycles. The van der Waals surface area contributed by atoms with Gasteiger partial charge in [0.2, 0.25) is 0 Å². The minimum Gasteiger partial charge on any atom is -0.340 e. The lowest BCUT2D eigenvalue weighted by molar-refractivity contribution is 0.489. The van der Waals surface area contributed by atoms with Gasteiger partial charge in [-0.15, -0.1) is 20.4 Å². The summed E-state index contributed by atoms with van der Waals surface area (Å²) in [5.74, 6) is 0.0172. The van der Waals surface area contributed by atoms with Crippen LogP contribution in [0.2, 0.25) is 0 Å². The Morgan fingerprint density at radius 1 is 1.00 bits per heavy atom. The van der Waals surface area contributed by atoms with Crippen LogP contribution in [0.1, 0.15) is 0 Å². The fourth-order valence-corrected chi connectivity index (χ4v) is 1.63. The Hall–Kier alpha value is -3.25. The van der Waals surface area contributed by atoms with Crippen LogP contribution in [-0.2, 0) is 0 Å². The summed E-state index contributed by atoms with van der Waals surface area (Å²) in [6.07, 6.45) is 3.13. The molecule has 0 atom stereocenters. The molecule has 2 aromatic heterocycles. The van der Waals surface area contributed by atoms with E-state index in [0.717, 1.165) is 0 Å². The average molecular weight is 306 g/mol. The van der Waals surface area contributed by atoms with E-state index in [1.54, 1.807) is 12.3 Å². The van der Waals surface area contributed by atoms with E-state index in [0.29, 0.717) is 0 Å². The first kappa shape index (κ1) is 15.1. The van der Waals surface area contributed by atoms with Crippen molar-refractivity contribution < 1.29 is 0 Å². The van der Waals surface area contributed by atoms with E-state index in [4.69, 9.17) is 0 Å². The summed E-state index contributed by atoms with van der Waals surface area (Å²) in [7, 11) is 0. The van der Waals surface area contributed by atoms with Crippen molar-refractivity contribution in [2.75, 3.05) is 25.0 Å². The molecule has 0 spiro atoms. The highest BCUT2D eigenvalue weighted by molar-refractivity contribution is 5.29. The molecule has 0 saturated carbocycles. The highest BCUT2D eigenvalue weighted by Gasteiger charge is 2.33. The maximum atomic E-state index is 10.5. The number of aromatic nitrogens is 6. The zero-order valence-corrected chi connectivity index (χ0v) is 11.1. The third-order valence-electron chi connectivity index (χ3n) is 2.66. The van der Waals surface area contributed by atoms with Gasteiger partial charge in [0, 0.05) is 12.4 Å². The van der Waals surface area contributed by atoms with Gasteiger partial charge in [-0.3, -0.25) is 0 Å². The molecule has 0 radical (unpaired) electrons. The van der Waals surface area contributed by atoms with Crippen molar-refractivity contribution in [2.24, 2.45) is 15.5 Å². The molecule has 13 heteroatoms. The van der Waals surface area contributed by atoms with Gasteiger partial charge < -0.3 is 5.32 Å². The summed E-state index contributed by atoms with van der Waals surface area (Å²) in [6, 6.07) is 1.67. The van der Waals surface area contributed by atoms with E-state index in [1.165, 1.54) is 10.9 Å². The summed E-state index contributed by atoms with van der Waals surface area (Å²) >= 11 is 0. The van der Waals surface area contributed by atoms with Gasteiger partial charge in [-0.1, -0.05) is 15.5 Å². The van der Waals surface area contributed by atoms with Crippen molar-refractivity contribution in [2.45, 2.75) is 5.54 Å². The lowest BCUT2D eigenvalue weighted by atomic mass is 10.0. The number of nitroso groups, excluding NO2 is 3. The number of anilines is 1. The molecule has 0 aliphatic rings. The van der Waals surface area contributed by atoms with E-state index in [9.17, 15) is 14.7 Å². The van der Waals surface area contributed by atoms with Crippen LogP contribution in [0.25, 0.3) is 5.95 Å². The summed E-state index contributed by atoms with van der Waals surface area (Å²) < 4.78 is 1.34. The Kier molecular flexibility index (Phi) is 4.79. The summed E-state index contributed by atoms with van der Waals surface area (Å²) in [5.41, 5.74) is -1.40. The summed E-state index contributed by atoms with van der Waals surface area (Å²) in [5, 5.41) is 29.6. The summed E-state index contributed by atoms with van der Waals surface area (Å²) in [6.45, 7) is -1.27. The molecule has 0 fully saturated rings. The molecule has 2 heterocycles. The Labute approximate surface area is 122 Å². The van der Waals surface area contributed by atoms with Crippen molar-refractivity contribution in [1.82, 2.24) is 30.2 Å². The van der Waals surface area contributed by atoms with Gasteiger partial charge in [-0.2, -0.15) is 19.8 Å². The second kappa shape index (κ2) is 6.96. The number of hydrogen-bond donors (Lipinski definition) is 1. The number of hydrogen-bond acceptors (Lipinski definition) is 12. The molecule has 2 aromatic rings. The van der Waals surface area contributed by atoms with E-state index in [-0.39, 0.29) is 11.9 Å². The standard InChI is InChI=1S/C9H10N10O3/c20-11-4-9(5-12-21,6-13-22)14-7-15-17-8(18-16-7)19-3-1-2-10-19/h1-3H,4-6H2,(H,14,15,16). The fourth-order valence-electron chi connectivity index (χ4n) is 1.63. The van der Waals surface area contributed by atoms with Crippen LogP contribution in [0.15, 0.2) is 34.0 Å². The summed E-state index contributed by atoms with van der Waals surface area (Å²) in [4.78, 5) is 31.5. The van der Waals surface area contributed by atoms with E-state index >= 15 is 0 Å². The molecule has 22 heavy (non-hydrogen) atoms.